The highest BCUT2D eigenvalue weighted by Gasteiger charge is 2.30. The van der Waals surface area contributed by atoms with Gasteiger partial charge in [0.1, 0.15) is 17.4 Å². The molecule has 0 saturated heterocycles. The van der Waals surface area contributed by atoms with Crippen molar-refractivity contribution in [2.75, 3.05) is 19.8 Å². The van der Waals surface area contributed by atoms with Gasteiger partial charge < -0.3 is 9.47 Å². The van der Waals surface area contributed by atoms with Crippen LogP contribution in [0.4, 0.5) is 0 Å². The molecule has 1 aromatic heterocycles. The molecule has 2 aliphatic heterocycles. The van der Waals surface area contributed by atoms with Crippen LogP contribution in [0, 0.1) is 0 Å². The summed E-state index contributed by atoms with van der Waals surface area (Å²) in [7, 11) is -3.51. The normalized spacial score (nSPS) is 17.8. The fourth-order valence-corrected chi connectivity index (χ4v) is 5.89. The molecule has 0 amide bonds. The second kappa shape index (κ2) is 5.66. The summed E-state index contributed by atoms with van der Waals surface area (Å²) in [6.07, 6.45) is 0.657. The third-order valence-corrected chi connectivity index (χ3v) is 7.53. The van der Waals surface area contributed by atoms with Gasteiger partial charge in [-0.1, -0.05) is 11.6 Å². The molecule has 2 aliphatic rings. The number of thiophene rings is 1. The predicted molar refractivity (Wildman–Crippen MR) is 88.1 cm³/mol. The van der Waals surface area contributed by atoms with Gasteiger partial charge in [-0.15, -0.1) is 11.3 Å². The van der Waals surface area contributed by atoms with Crippen LogP contribution in [0.25, 0.3) is 0 Å². The SMILES string of the molecule is O=S(=O)(c1ccc(Cl)s1)N1CCc2cc3c(cc2C1)OCCO3. The van der Waals surface area contributed by atoms with E-state index in [-0.39, 0.29) is 4.21 Å². The van der Waals surface area contributed by atoms with Crippen molar-refractivity contribution >= 4 is 33.0 Å². The molecule has 0 unspecified atom stereocenters. The number of hydrogen-bond donors (Lipinski definition) is 0. The lowest BCUT2D eigenvalue weighted by Crippen LogP contribution is -2.35. The first-order chi connectivity index (χ1) is 11.0. The number of sulfonamides is 1. The first kappa shape index (κ1) is 15.3. The van der Waals surface area contributed by atoms with E-state index < -0.39 is 10.0 Å². The second-order valence-electron chi connectivity index (χ2n) is 5.41. The Morgan fingerprint density at radius 1 is 1.09 bits per heavy atom. The number of fused-ring (bicyclic) bond motifs is 2. The number of benzene rings is 1. The molecule has 0 aliphatic carbocycles. The Hall–Kier alpha value is -1.28. The van der Waals surface area contributed by atoms with E-state index in [1.54, 1.807) is 12.1 Å². The van der Waals surface area contributed by atoms with E-state index in [1.165, 1.54) is 4.31 Å². The largest absolute Gasteiger partial charge is 0.486 e. The third kappa shape index (κ3) is 2.71. The van der Waals surface area contributed by atoms with Gasteiger partial charge in [-0.05, 0) is 41.8 Å². The van der Waals surface area contributed by atoms with Gasteiger partial charge in [-0.3, -0.25) is 0 Å². The Morgan fingerprint density at radius 3 is 2.43 bits per heavy atom. The molecule has 0 bridgehead atoms. The molecule has 0 saturated carbocycles. The van der Waals surface area contributed by atoms with Crippen LogP contribution in [0.3, 0.4) is 0 Å². The van der Waals surface area contributed by atoms with Crippen LogP contribution in [0.15, 0.2) is 28.5 Å². The van der Waals surface area contributed by atoms with E-state index in [4.69, 9.17) is 21.1 Å². The summed E-state index contributed by atoms with van der Waals surface area (Å²) in [6.45, 7) is 1.85. The van der Waals surface area contributed by atoms with Gasteiger partial charge in [0.15, 0.2) is 11.5 Å². The molecule has 0 atom stereocenters. The Bertz CT molecular complexity index is 862. The van der Waals surface area contributed by atoms with Crippen LogP contribution in [0.1, 0.15) is 11.1 Å². The first-order valence-electron chi connectivity index (χ1n) is 7.21. The number of nitrogens with zero attached hydrogens (tertiary/aromatic N) is 1. The molecule has 8 heteroatoms. The minimum atomic E-state index is -3.51. The Kier molecular flexibility index (Phi) is 3.76. The standard InChI is InChI=1S/C15H14ClNO4S2/c16-14-1-2-15(22-14)23(18,19)17-4-3-10-7-12-13(8-11(10)9-17)21-6-5-20-12/h1-2,7-8H,3-6,9H2. The van der Waals surface area contributed by atoms with Gasteiger partial charge in [-0.25, -0.2) is 8.42 Å². The van der Waals surface area contributed by atoms with Gasteiger partial charge in [0.25, 0.3) is 10.0 Å². The minimum Gasteiger partial charge on any atom is -0.486 e. The van der Waals surface area contributed by atoms with Crippen LogP contribution < -0.4 is 9.47 Å². The molecule has 0 fully saturated rings. The van der Waals surface area contributed by atoms with Gasteiger partial charge in [-0.2, -0.15) is 4.31 Å². The second-order valence-corrected chi connectivity index (χ2v) is 9.29. The highest BCUT2D eigenvalue weighted by molar-refractivity contribution is 7.91. The van der Waals surface area contributed by atoms with Crippen molar-refractivity contribution in [2.24, 2.45) is 0 Å². The number of hydrogen-bond acceptors (Lipinski definition) is 5. The fourth-order valence-electron chi connectivity index (χ4n) is 2.84. The first-order valence-corrected chi connectivity index (χ1v) is 9.84. The molecule has 0 radical (unpaired) electrons. The maximum Gasteiger partial charge on any atom is 0.252 e. The van der Waals surface area contributed by atoms with Crippen molar-refractivity contribution in [3.8, 4) is 11.5 Å². The molecular weight excluding hydrogens is 358 g/mol. The molecule has 0 N–H and O–H groups in total. The smallest absolute Gasteiger partial charge is 0.252 e. The average molecular weight is 372 g/mol. The summed E-state index contributed by atoms with van der Waals surface area (Å²) in [5.74, 6) is 1.43. The summed E-state index contributed by atoms with van der Waals surface area (Å²) in [4.78, 5) is 0. The van der Waals surface area contributed by atoms with Crippen molar-refractivity contribution in [3.05, 3.63) is 39.7 Å². The lowest BCUT2D eigenvalue weighted by atomic mass is 10.00. The van der Waals surface area contributed by atoms with Crippen molar-refractivity contribution in [1.29, 1.82) is 0 Å². The van der Waals surface area contributed by atoms with Crippen LogP contribution in [-0.4, -0.2) is 32.5 Å². The molecule has 23 heavy (non-hydrogen) atoms. The molecule has 122 valence electrons. The topological polar surface area (TPSA) is 55.8 Å². The Labute approximate surface area is 143 Å². The van der Waals surface area contributed by atoms with E-state index in [1.807, 2.05) is 12.1 Å². The molecule has 2 aromatic rings. The summed E-state index contributed by atoms with van der Waals surface area (Å²) in [5, 5.41) is 0. The number of rotatable bonds is 2. The predicted octanol–water partition coefficient (Wildman–Crippen LogP) is 2.92. The van der Waals surface area contributed by atoms with Crippen LogP contribution >= 0.6 is 22.9 Å². The lowest BCUT2D eigenvalue weighted by Gasteiger charge is -2.29. The number of ether oxygens (including phenoxy) is 2. The van der Waals surface area contributed by atoms with Gasteiger partial charge in [0.05, 0.1) is 4.34 Å². The van der Waals surface area contributed by atoms with Crippen molar-refractivity contribution in [1.82, 2.24) is 4.31 Å². The van der Waals surface area contributed by atoms with E-state index >= 15 is 0 Å². The van der Waals surface area contributed by atoms with Crippen LogP contribution in [0.5, 0.6) is 11.5 Å². The van der Waals surface area contributed by atoms with Crippen molar-refractivity contribution in [2.45, 2.75) is 17.2 Å². The molecular formula is C15H14ClNO4S2. The lowest BCUT2D eigenvalue weighted by molar-refractivity contribution is 0.171. The maximum atomic E-state index is 12.7. The summed E-state index contributed by atoms with van der Waals surface area (Å²) in [6, 6.07) is 7.03. The van der Waals surface area contributed by atoms with Crippen molar-refractivity contribution < 1.29 is 17.9 Å². The maximum absolute atomic E-state index is 12.7. The fraction of sp³-hybridized carbons (Fsp3) is 0.333. The van der Waals surface area contributed by atoms with Crippen molar-refractivity contribution in [3.63, 3.8) is 0 Å². The zero-order chi connectivity index (χ0) is 16.0. The molecule has 4 rings (SSSR count). The van der Waals surface area contributed by atoms with E-state index in [9.17, 15) is 8.42 Å². The van der Waals surface area contributed by atoms with Gasteiger partial charge in [0.2, 0.25) is 0 Å². The third-order valence-electron chi connectivity index (χ3n) is 3.98. The summed E-state index contributed by atoms with van der Waals surface area (Å²) < 4.78 is 38.9. The van der Waals surface area contributed by atoms with E-state index in [2.05, 4.69) is 0 Å². The molecule has 0 spiro atoms. The zero-order valence-electron chi connectivity index (χ0n) is 12.1. The highest BCUT2D eigenvalue weighted by atomic mass is 35.5. The Balaban J connectivity index is 1.66. The molecule has 5 nitrogen and oxygen atoms in total. The van der Waals surface area contributed by atoms with Gasteiger partial charge >= 0.3 is 0 Å². The zero-order valence-corrected chi connectivity index (χ0v) is 14.5. The Morgan fingerprint density at radius 2 is 1.78 bits per heavy atom. The molecule has 1 aromatic carbocycles. The minimum absolute atomic E-state index is 0.281. The summed E-state index contributed by atoms with van der Waals surface area (Å²) >= 11 is 6.95. The quantitative estimate of drug-likeness (QED) is 0.814. The van der Waals surface area contributed by atoms with Crippen LogP contribution in [-0.2, 0) is 23.0 Å². The van der Waals surface area contributed by atoms with E-state index in [0.717, 1.165) is 28.2 Å². The number of halogens is 1. The summed E-state index contributed by atoms with van der Waals surface area (Å²) in [5.41, 5.74) is 2.08. The average Bonchev–Trinajstić information content (AvgIpc) is 2.99. The van der Waals surface area contributed by atoms with E-state index in [0.29, 0.717) is 42.8 Å². The highest BCUT2D eigenvalue weighted by Crippen LogP contribution is 2.37. The molecule has 3 heterocycles. The monoisotopic (exact) mass is 371 g/mol. The van der Waals surface area contributed by atoms with Crippen LogP contribution in [0.2, 0.25) is 4.34 Å². The van der Waals surface area contributed by atoms with Gasteiger partial charge in [0, 0.05) is 13.1 Å².